The Kier molecular flexibility index (Phi) is 2.44. The molecule has 0 spiro atoms. The first-order valence-electron chi connectivity index (χ1n) is 4.70. The van der Waals surface area contributed by atoms with Gasteiger partial charge in [0.15, 0.2) is 0 Å². The highest BCUT2D eigenvalue weighted by Crippen LogP contribution is 2.13. The van der Waals surface area contributed by atoms with Crippen LogP contribution in [0.5, 0.6) is 0 Å². The predicted molar refractivity (Wildman–Crippen MR) is 56.8 cm³/mol. The van der Waals surface area contributed by atoms with Crippen LogP contribution in [-0.2, 0) is 0 Å². The van der Waals surface area contributed by atoms with Crippen molar-refractivity contribution >= 4 is 5.91 Å². The lowest BCUT2D eigenvalue weighted by molar-refractivity contribution is 0.0993. The SMILES string of the molecule is Cc1cc(C(N)=O)n(-c2cccc(F)c2)n1. The Morgan fingerprint density at radius 3 is 2.81 bits per heavy atom. The second-order valence-corrected chi connectivity index (χ2v) is 3.43. The van der Waals surface area contributed by atoms with Crippen LogP contribution in [0.25, 0.3) is 5.69 Å². The van der Waals surface area contributed by atoms with Crippen molar-refractivity contribution in [2.45, 2.75) is 6.92 Å². The molecule has 1 amide bonds. The Morgan fingerprint density at radius 2 is 2.19 bits per heavy atom. The lowest BCUT2D eigenvalue weighted by Crippen LogP contribution is -2.16. The summed E-state index contributed by atoms with van der Waals surface area (Å²) in [4.78, 5) is 11.2. The van der Waals surface area contributed by atoms with Crippen molar-refractivity contribution in [1.29, 1.82) is 0 Å². The molecule has 1 aromatic heterocycles. The third-order valence-electron chi connectivity index (χ3n) is 2.14. The molecule has 1 aromatic carbocycles. The van der Waals surface area contributed by atoms with E-state index in [4.69, 9.17) is 5.73 Å². The van der Waals surface area contributed by atoms with Gasteiger partial charge in [-0.2, -0.15) is 5.10 Å². The number of halogens is 1. The van der Waals surface area contributed by atoms with Crippen LogP contribution in [0.4, 0.5) is 4.39 Å². The largest absolute Gasteiger partial charge is 0.364 e. The standard InChI is InChI=1S/C11H10FN3O/c1-7-5-10(11(13)16)15(14-7)9-4-2-3-8(12)6-9/h2-6H,1H3,(H2,13,16). The van der Waals surface area contributed by atoms with E-state index >= 15 is 0 Å². The van der Waals surface area contributed by atoms with Crippen LogP contribution in [0.2, 0.25) is 0 Å². The summed E-state index contributed by atoms with van der Waals surface area (Å²) in [5.41, 5.74) is 6.57. The highest BCUT2D eigenvalue weighted by molar-refractivity contribution is 5.91. The second-order valence-electron chi connectivity index (χ2n) is 3.43. The molecule has 2 rings (SSSR count). The van der Waals surface area contributed by atoms with Gasteiger partial charge in [0.2, 0.25) is 0 Å². The molecule has 2 N–H and O–H groups in total. The number of aromatic nitrogens is 2. The number of carbonyl (C=O) groups excluding carboxylic acids is 1. The summed E-state index contributed by atoms with van der Waals surface area (Å²) >= 11 is 0. The fourth-order valence-electron chi connectivity index (χ4n) is 1.48. The summed E-state index contributed by atoms with van der Waals surface area (Å²) < 4.78 is 14.4. The molecule has 2 aromatic rings. The quantitative estimate of drug-likeness (QED) is 0.830. The van der Waals surface area contributed by atoms with Crippen molar-refractivity contribution in [3.8, 4) is 5.69 Å². The van der Waals surface area contributed by atoms with Gasteiger partial charge in [-0.3, -0.25) is 4.79 Å². The van der Waals surface area contributed by atoms with Crippen molar-refractivity contribution < 1.29 is 9.18 Å². The van der Waals surface area contributed by atoms with Crippen molar-refractivity contribution in [2.75, 3.05) is 0 Å². The highest BCUT2D eigenvalue weighted by atomic mass is 19.1. The lowest BCUT2D eigenvalue weighted by Gasteiger charge is -2.04. The summed E-state index contributed by atoms with van der Waals surface area (Å²) in [5, 5.41) is 4.09. The first-order valence-corrected chi connectivity index (χ1v) is 4.70. The second kappa shape index (κ2) is 3.77. The van der Waals surface area contributed by atoms with E-state index in [1.54, 1.807) is 25.1 Å². The Morgan fingerprint density at radius 1 is 1.44 bits per heavy atom. The maximum Gasteiger partial charge on any atom is 0.267 e. The van der Waals surface area contributed by atoms with Gasteiger partial charge in [0.05, 0.1) is 11.4 Å². The first kappa shape index (κ1) is 10.4. The van der Waals surface area contributed by atoms with Crippen LogP contribution in [0.1, 0.15) is 16.2 Å². The van der Waals surface area contributed by atoms with Crippen LogP contribution in [0.3, 0.4) is 0 Å². The van der Waals surface area contributed by atoms with Crippen molar-refractivity contribution in [3.63, 3.8) is 0 Å². The Labute approximate surface area is 91.5 Å². The minimum absolute atomic E-state index is 0.239. The number of amides is 1. The zero-order valence-electron chi connectivity index (χ0n) is 8.64. The van der Waals surface area contributed by atoms with Crippen molar-refractivity contribution in [1.82, 2.24) is 9.78 Å². The number of primary amides is 1. The predicted octanol–water partition coefficient (Wildman–Crippen LogP) is 1.42. The van der Waals surface area contributed by atoms with E-state index in [0.29, 0.717) is 11.4 Å². The van der Waals surface area contributed by atoms with E-state index in [2.05, 4.69) is 5.10 Å². The first-order chi connectivity index (χ1) is 7.58. The minimum atomic E-state index is -0.593. The molecule has 0 fully saturated rings. The van der Waals surface area contributed by atoms with E-state index in [1.165, 1.54) is 16.8 Å². The number of nitrogens with zero attached hydrogens (tertiary/aromatic N) is 2. The minimum Gasteiger partial charge on any atom is -0.364 e. The lowest BCUT2D eigenvalue weighted by atomic mass is 10.3. The molecule has 0 atom stereocenters. The summed E-state index contributed by atoms with van der Waals surface area (Å²) in [7, 11) is 0. The van der Waals surface area contributed by atoms with Crippen LogP contribution in [0.15, 0.2) is 30.3 Å². The molecule has 82 valence electrons. The third kappa shape index (κ3) is 1.79. The Hall–Kier alpha value is -2.17. The van der Waals surface area contributed by atoms with Gasteiger partial charge in [0.25, 0.3) is 5.91 Å². The Balaban J connectivity index is 2.59. The van der Waals surface area contributed by atoms with E-state index in [0.717, 1.165) is 0 Å². The van der Waals surface area contributed by atoms with E-state index < -0.39 is 5.91 Å². The highest BCUT2D eigenvalue weighted by Gasteiger charge is 2.12. The average Bonchev–Trinajstić information content (AvgIpc) is 2.60. The van der Waals surface area contributed by atoms with Gasteiger partial charge < -0.3 is 5.73 Å². The molecule has 0 aliphatic rings. The number of benzene rings is 1. The van der Waals surface area contributed by atoms with Crippen molar-refractivity contribution in [2.24, 2.45) is 5.73 Å². The number of nitrogens with two attached hydrogens (primary N) is 1. The van der Waals surface area contributed by atoms with Crippen LogP contribution < -0.4 is 5.73 Å². The maximum atomic E-state index is 13.0. The van der Waals surface area contributed by atoms with Crippen LogP contribution in [0, 0.1) is 12.7 Å². The van der Waals surface area contributed by atoms with Crippen molar-refractivity contribution in [3.05, 3.63) is 47.5 Å². The number of rotatable bonds is 2. The van der Waals surface area contributed by atoms with Gasteiger partial charge in [-0.1, -0.05) is 6.07 Å². The molecule has 16 heavy (non-hydrogen) atoms. The maximum absolute atomic E-state index is 13.0. The average molecular weight is 219 g/mol. The summed E-state index contributed by atoms with van der Waals surface area (Å²) in [6.07, 6.45) is 0. The Bertz CT molecular complexity index is 548. The van der Waals surface area contributed by atoms with Gasteiger partial charge >= 0.3 is 0 Å². The molecule has 0 unspecified atom stereocenters. The zero-order valence-corrected chi connectivity index (χ0v) is 8.64. The van der Waals surface area contributed by atoms with Gasteiger partial charge in [0, 0.05) is 0 Å². The number of hydrogen-bond acceptors (Lipinski definition) is 2. The third-order valence-corrected chi connectivity index (χ3v) is 2.14. The topological polar surface area (TPSA) is 60.9 Å². The molecular weight excluding hydrogens is 209 g/mol. The number of carbonyl (C=O) groups is 1. The molecule has 1 heterocycles. The summed E-state index contributed by atoms with van der Waals surface area (Å²) in [6, 6.07) is 7.38. The summed E-state index contributed by atoms with van der Waals surface area (Å²) in [6.45, 7) is 1.74. The van der Waals surface area contributed by atoms with Crippen LogP contribution in [-0.4, -0.2) is 15.7 Å². The zero-order chi connectivity index (χ0) is 11.7. The van der Waals surface area contributed by atoms with Gasteiger partial charge in [-0.25, -0.2) is 9.07 Å². The van der Waals surface area contributed by atoms with Gasteiger partial charge in [0.1, 0.15) is 11.5 Å². The van der Waals surface area contributed by atoms with Gasteiger partial charge in [-0.15, -0.1) is 0 Å². The molecule has 0 aliphatic heterocycles. The van der Waals surface area contributed by atoms with Crippen LogP contribution >= 0.6 is 0 Å². The number of hydrogen-bond donors (Lipinski definition) is 1. The van der Waals surface area contributed by atoms with E-state index in [1.807, 2.05) is 0 Å². The molecule has 4 nitrogen and oxygen atoms in total. The molecule has 5 heteroatoms. The smallest absolute Gasteiger partial charge is 0.267 e. The van der Waals surface area contributed by atoms with E-state index in [9.17, 15) is 9.18 Å². The molecule has 0 saturated carbocycles. The fraction of sp³-hybridized carbons (Fsp3) is 0.0909. The summed E-state index contributed by atoms with van der Waals surface area (Å²) in [5.74, 6) is -0.981. The van der Waals surface area contributed by atoms with Gasteiger partial charge in [-0.05, 0) is 31.2 Å². The molecule has 0 aliphatic carbocycles. The molecule has 0 bridgehead atoms. The van der Waals surface area contributed by atoms with E-state index in [-0.39, 0.29) is 11.5 Å². The fourth-order valence-corrected chi connectivity index (χ4v) is 1.48. The molecule has 0 saturated heterocycles. The number of aryl methyl sites for hydroxylation is 1. The molecule has 0 radical (unpaired) electrons. The molecular formula is C11H10FN3O. The monoisotopic (exact) mass is 219 g/mol. The normalized spacial score (nSPS) is 10.4.